The lowest BCUT2D eigenvalue weighted by Gasteiger charge is -2.04. The summed E-state index contributed by atoms with van der Waals surface area (Å²) in [5.41, 5.74) is 0.528. The first-order valence-electron chi connectivity index (χ1n) is 6.31. The van der Waals surface area contributed by atoms with Crippen molar-refractivity contribution in [2.75, 3.05) is 11.9 Å². The third kappa shape index (κ3) is 2.76. The highest BCUT2D eigenvalue weighted by atomic mass is 16.6. The Morgan fingerprint density at radius 2 is 2.15 bits per heavy atom. The third-order valence-electron chi connectivity index (χ3n) is 2.90. The summed E-state index contributed by atoms with van der Waals surface area (Å²) in [7, 11) is 3.48. The number of nitro groups is 1. The van der Waals surface area contributed by atoms with E-state index < -0.39 is 4.92 Å². The highest BCUT2D eigenvalue weighted by Crippen LogP contribution is 2.28. The summed E-state index contributed by atoms with van der Waals surface area (Å²) < 4.78 is 3.12. The van der Waals surface area contributed by atoms with Gasteiger partial charge in [0.15, 0.2) is 5.82 Å². The molecule has 2 heterocycles. The molecule has 20 heavy (non-hydrogen) atoms. The molecule has 0 bridgehead atoms. The summed E-state index contributed by atoms with van der Waals surface area (Å²) in [6.45, 7) is 2.35. The van der Waals surface area contributed by atoms with E-state index in [0.29, 0.717) is 36.7 Å². The maximum atomic E-state index is 11.1. The number of rotatable bonds is 6. The van der Waals surface area contributed by atoms with Gasteiger partial charge in [-0.1, -0.05) is 6.92 Å². The number of nitrogens with one attached hydrogen (secondary N) is 1. The van der Waals surface area contributed by atoms with Gasteiger partial charge >= 0.3 is 5.69 Å². The molecule has 0 aromatic carbocycles. The Labute approximate surface area is 115 Å². The Balaban J connectivity index is 2.09. The van der Waals surface area contributed by atoms with Gasteiger partial charge in [0, 0.05) is 27.1 Å². The van der Waals surface area contributed by atoms with Crippen LogP contribution in [0.15, 0.2) is 6.33 Å². The molecule has 0 aliphatic rings. The Morgan fingerprint density at radius 3 is 2.70 bits per heavy atom. The Bertz CT molecular complexity index is 616. The van der Waals surface area contributed by atoms with Crippen LogP contribution in [0.3, 0.4) is 0 Å². The minimum absolute atomic E-state index is 0.0454. The molecular weight excluding hydrogens is 262 g/mol. The molecule has 0 aliphatic heterocycles. The van der Waals surface area contributed by atoms with Gasteiger partial charge in [-0.2, -0.15) is 10.2 Å². The van der Waals surface area contributed by atoms with E-state index in [9.17, 15) is 10.1 Å². The molecule has 108 valence electrons. The van der Waals surface area contributed by atoms with Gasteiger partial charge in [-0.25, -0.2) is 9.67 Å². The van der Waals surface area contributed by atoms with Gasteiger partial charge in [0.2, 0.25) is 5.82 Å². The maximum absolute atomic E-state index is 11.1. The van der Waals surface area contributed by atoms with E-state index in [2.05, 4.69) is 20.5 Å². The number of aromatic nitrogens is 5. The maximum Gasteiger partial charge on any atom is 0.333 e. The van der Waals surface area contributed by atoms with Crippen molar-refractivity contribution >= 4 is 11.5 Å². The topological polar surface area (TPSA) is 104 Å². The van der Waals surface area contributed by atoms with Crippen molar-refractivity contribution in [3.05, 3.63) is 28.0 Å². The normalized spacial score (nSPS) is 10.8. The van der Waals surface area contributed by atoms with Crippen molar-refractivity contribution in [2.45, 2.75) is 19.8 Å². The number of hydrogen-bond acceptors (Lipinski definition) is 6. The van der Waals surface area contributed by atoms with Crippen molar-refractivity contribution in [2.24, 2.45) is 14.1 Å². The lowest BCUT2D eigenvalue weighted by molar-refractivity contribution is -0.384. The van der Waals surface area contributed by atoms with Crippen molar-refractivity contribution in [3.63, 3.8) is 0 Å². The van der Waals surface area contributed by atoms with Crippen LogP contribution in [0.2, 0.25) is 0 Å². The second kappa shape index (κ2) is 5.68. The quantitative estimate of drug-likeness (QED) is 0.615. The van der Waals surface area contributed by atoms with Crippen LogP contribution in [0.25, 0.3) is 0 Å². The van der Waals surface area contributed by atoms with Crippen molar-refractivity contribution in [1.82, 2.24) is 24.5 Å². The van der Waals surface area contributed by atoms with Gasteiger partial charge in [-0.05, 0) is 6.42 Å². The van der Waals surface area contributed by atoms with E-state index >= 15 is 0 Å². The highest BCUT2D eigenvalue weighted by molar-refractivity contribution is 5.59. The fourth-order valence-corrected chi connectivity index (χ4v) is 1.99. The second-order valence-corrected chi connectivity index (χ2v) is 4.39. The average Bonchev–Trinajstić information content (AvgIpc) is 2.94. The first-order chi connectivity index (χ1) is 9.52. The molecule has 0 saturated heterocycles. The minimum atomic E-state index is -0.396. The van der Waals surface area contributed by atoms with E-state index in [0.717, 1.165) is 0 Å². The molecular formula is C11H17N7O2. The Kier molecular flexibility index (Phi) is 3.97. The van der Waals surface area contributed by atoms with Gasteiger partial charge in [0.25, 0.3) is 0 Å². The minimum Gasteiger partial charge on any atom is -0.364 e. The van der Waals surface area contributed by atoms with Gasteiger partial charge in [0.1, 0.15) is 12.0 Å². The molecule has 0 spiro atoms. The monoisotopic (exact) mass is 279 g/mol. The Morgan fingerprint density at radius 1 is 1.40 bits per heavy atom. The van der Waals surface area contributed by atoms with Crippen LogP contribution in [0.4, 0.5) is 11.5 Å². The van der Waals surface area contributed by atoms with Crippen molar-refractivity contribution < 1.29 is 4.92 Å². The molecule has 9 heteroatoms. The number of aryl methyl sites for hydroxylation is 3. The first-order valence-corrected chi connectivity index (χ1v) is 6.31. The number of anilines is 1. The zero-order chi connectivity index (χ0) is 14.7. The molecule has 9 nitrogen and oxygen atoms in total. The first kappa shape index (κ1) is 14.0. The van der Waals surface area contributed by atoms with Gasteiger partial charge in [0.05, 0.1) is 4.92 Å². The van der Waals surface area contributed by atoms with Crippen LogP contribution < -0.4 is 5.32 Å². The SMILES string of the molecule is CCc1nn(C)c(NCCc2ncn(C)n2)c1[N+](=O)[O-]. The van der Waals surface area contributed by atoms with Crippen molar-refractivity contribution in [1.29, 1.82) is 0 Å². The van der Waals surface area contributed by atoms with Crippen LogP contribution in [-0.4, -0.2) is 36.0 Å². The molecule has 2 aromatic rings. The van der Waals surface area contributed by atoms with Gasteiger partial charge in [-0.15, -0.1) is 0 Å². The molecule has 0 amide bonds. The fourth-order valence-electron chi connectivity index (χ4n) is 1.99. The summed E-state index contributed by atoms with van der Waals surface area (Å²) in [5, 5.41) is 22.5. The van der Waals surface area contributed by atoms with E-state index in [1.165, 1.54) is 4.68 Å². The van der Waals surface area contributed by atoms with Gasteiger partial charge in [-0.3, -0.25) is 14.8 Å². The van der Waals surface area contributed by atoms with Crippen LogP contribution >= 0.6 is 0 Å². The molecule has 0 saturated carbocycles. The second-order valence-electron chi connectivity index (χ2n) is 4.39. The molecule has 2 rings (SSSR count). The molecule has 0 fully saturated rings. The van der Waals surface area contributed by atoms with E-state index in [4.69, 9.17) is 0 Å². The molecule has 0 aliphatic carbocycles. The van der Waals surface area contributed by atoms with Gasteiger partial charge < -0.3 is 5.32 Å². The lowest BCUT2D eigenvalue weighted by Crippen LogP contribution is -2.11. The third-order valence-corrected chi connectivity index (χ3v) is 2.90. The average molecular weight is 279 g/mol. The summed E-state index contributed by atoms with van der Waals surface area (Å²) in [5.74, 6) is 1.11. The van der Waals surface area contributed by atoms with Crippen LogP contribution in [0.1, 0.15) is 18.4 Å². The molecule has 1 N–H and O–H groups in total. The van der Waals surface area contributed by atoms with E-state index in [1.54, 1.807) is 25.1 Å². The van der Waals surface area contributed by atoms with E-state index in [1.807, 2.05) is 6.92 Å². The molecule has 0 radical (unpaired) electrons. The van der Waals surface area contributed by atoms with Crippen LogP contribution in [-0.2, 0) is 26.9 Å². The predicted molar refractivity (Wildman–Crippen MR) is 72.4 cm³/mol. The van der Waals surface area contributed by atoms with Crippen molar-refractivity contribution in [3.8, 4) is 0 Å². The number of hydrogen-bond donors (Lipinski definition) is 1. The number of nitrogens with zero attached hydrogens (tertiary/aromatic N) is 6. The zero-order valence-corrected chi connectivity index (χ0v) is 11.7. The predicted octanol–water partition coefficient (Wildman–Crippen LogP) is 0.674. The Hall–Kier alpha value is -2.45. The van der Waals surface area contributed by atoms with Crippen LogP contribution in [0.5, 0.6) is 0 Å². The summed E-state index contributed by atoms with van der Waals surface area (Å²) in [4.78, 5) is 14.8. The molecule has 0 unspecified atom stereocenters. The summed E-state index contributed by atoms with van der Waals surface area (Å²) >= 11 is 0. The standard InChI is InChI=1S/C11H17N7O2/c1-4-8-10(18(19)20)11(17(3)14-8)12-6-5-9-13-7-16(2)15-9/h7,12H,4-6H2,1-3H3. The summed E-state index contributed by atoms with van der Waals surface area (Å²) in [6, 6.07) is 0. The van der Waals surface area contributed by atoms with E-state index in [-0.39, 0.29) is 5.69 Å². The lowest BCUT2D eigenvalue weighted by atomic mass is 10.3. The summed E-state index contributed by atoms with van der Waals surface area (Å²) in [6.07, 6.45) is 2.73. The smallest absolute Gasteiger partial charge is 0.333 e. The molecule has 0 atom stereocenters. The van der Waals surface area contributed by atoms with Crippen LogP contribution in [0, 0.1) is 10.1 Å². The highest BCUT2D eigenvalue weighted by Gasteiger charge is 2.25. The largest absolute Gasteiger partial charge is 0.364 e. The molecule has 2 aromatic heterocycles. The zero-order valence-electron chi connectivity index (χ0n) is 11.7. The fraction of sp³-hybridized carbons (Fsp3) is 0.545.